The summed E-state index contributed by atoms with van der Waals surface area (Å²) in [5.41, 5.74) is 0.879. The van der Waals surface area contributed by atoms with Crippen LogP contribution in [0.1, 0.15) is 30.6 Å². The first-order valence-corrected chi connectivity index (χ1v) is 11.1. The molecule has 2 aromatic rings. The number of fused-ring (bicyclic) bond motifs is 1. The van der Waals surface area contributed by atoms with Crippen LogP contribution in [0.5, 0.6) is 11.5 Å². The van der Waals surface area contributed by atoms with Gasteiger partial charge in [0.15, 0.2) is 11.5 Å². The van der Waals surface area contributed by atoms with Gasteiger partial charge >= 0.3 is 0 Å². The van der Waals surface area contributed by atoms with Gasteiger partial charge in [-0.15, -0.1) is 11.3 Å². The molecule has 1 aliphatic heterocycles. The van der Waals surface area contributed by atoms with Crippen molar-refractivity contribution in [3.63, 3.8) is 0 Å². The number of ether oxygens (including phenoxy) is 2. The highest BCUT2D eigenvalue weighted by Gasteiger charge is 2.35. The van der Waals surface area contributed by atoms with E-state index in [4.69, 9.17) is 9.47 Å². The summed E-state index contributed by atoms with van der Waals surface area (Å²) in [5, 5.41) is 2.06. The molecular formula is C22H26N2O3S. The molecule has 2 saturated carbocycles. The van der Waals surface area contributed by atoms with Gasteiger partial charge < -0.3 is 14.4 Å². The summed E-state index contributed by atoms with van der Waals surface area (Å²) in [6.45, 7) is 3.29. The van der Waals surface area contributed by atoms with E-state index < -0.39 is 0 Å². The number of hydrogen-bond donors (Lipinski definition) is 0. The minimum Gasteiger partial charge on any atom is -0.486 e. The topological polar surface area (TPSA) is 42.0 Å². The molecule has 2 fully saturated rings. The molecule has 5 rings (SSSR count). The van der Waals surface area contributed by atoms with Crippen LogP contribution >= 0.6 is 11.3 Å². The zero-order chi connectivity index (χ0) is 18.9. The number of nitrogens with zero attached hydrogens (tertiary/aromatic N) is 2. The predicted molar refractivity (Wildman–Crippen MR) is 110 cm³/mol. The second-order valence-corrected chi connectivity index (χ2v) is 9.02. The number of anilines is 1. The smallest absolute Gasteiger partial charge is 0.241 e. The molecule has 2 heterocycles. The summed E-state index contributed by atoms with van der Waals surface area (Å²) in [4.78, 5) is 18.9. The van der Waals surface area contributed by atoms with Crippen molar-refractivity contribution in [3.05, 3.63) is 40.6 Å². The van der Waals surface area contributed by atoms with E-state index in [2.05, 4.69) is 16.3 Å². The van der Waals surface area contributed by atoms with E-state index >= 15 is 0 Å². The van der Waals surface area contributed by atoms with Crippen molar-refractivity contribution >= 4 is 22.9 Å². The van der Waals surface area contributed by atoms with Crippen LogP contribution in [0.4, 0.5) is 5.69 Å². The van der Waals surface area contributed by atoms with E-state index in [1.165, 1.54) is 30.6 Å². The van der Waals surface area contributed by atoms with Gasteiger partial charge in [0.05, 0.1) is 13.1 Å². The lowest BCUT2D eigenvalue weighted by Gasteiger charge is -2.28. The van der Waals surface area contributed by atoms with E-state index in [-0.39, 0.29) is 5.91 Å². The zero-order valence-electron chi connectivity index (χ0n) is 16.0. The van der Waals surface area contributed by atoms with Crippen LogP contribution in [-0.2, 0) is 11.3 Å². The molecule has 5 nitrogen and oxygen atoms in total. The lowest BCUT2D eigenvalue weighted by Crippen LogP contribution is -2.42. The van der Waals surface area contributed by atoms with Crippen LogP contribution in [-0.4, -0.2) is 43.2 Å². The maximum atomic E-state index is 13.4. The molecule has 1 aromatic carbocycles. The molecule has 6 heteroatoms. The van der Waals surface area contributed by atoms with Crippen molar-refractivity contribution in [1.29, 1.82) is 0 Å². The highest BCUT2D eigenvalue weighted by Crippen LogP contribution is 2.36. The van der Waals surface area contributed by atoms with Gasteiger partial charge in [-0.05, 0) is 55.2 Å². The molecule has 0 N–H and O–H groups in total. The lowest BCUT2D eigenvalue weighted by molar-refractivity contribution is -0.120. The summed E-state index contributed by atoms with van der Waals surface area (Å²) >= 11 is 1.69. The number of hydrogen-bond acceptors (Lipinski definition) is 5. The van der Waals surface area contributed by atoms with Crippen molar-refractivity contribution in [2.24, 2.45) is 5.92 Å². The van der Waals surface area contributed by atoms with Crippen LogP contribution in [0, 0.1) is 5.92 Å². The molecule has 0 bridgehead atoms. The van der Waals surface area contributed by atoms with Gasteiger partial charge in [0.1, 0.15) is 13.2 Å². The summed E-state index contributed by atoms with van der Waals surface area (Å²) < 4.78 is 11.4. The molecule has 0 saturated heterocycles. The van der Waals surface area contributed by atoms with E-state index in [9.17, 15) is 4.79 Å². The summed E-state index contributed by atoms with van der Waals surface area (Å²) in [7, 11) is 0. The molecule has 28 heavy (non-hydrogen) atoms. The Bertz CT molecular complexity index is 830. The van der Waals surface area contributed by atoms with Gasteiger partial charge in [0.25, 0.3) is 0 Å². The van der Waals surface area contributed by atoms with E-state index in [0.29, 0.717) is 32.3 Å². The molecule has 1 amide bonds. The average Bonchev–Trinajstić information content (AvgIpc) is 3.65. The minimum atomic E-state index is 0.164. The Morgan fingerprint density at radius 2 is 1.89 bits per heavy atom. The third-order valence-corrected chi connectivity index (χ3v) is 6.48. The molecule has 0 radical (unpaired) electrons. The minimum absolute atomic E-state index is 0.164. The lowest BCUT2D eigenvalue weighted by atomic mass is 10.2. The normalized spacial score (nSPS) is 18.3. The number of rotatable bonds is 8. The maximum absolute atomic E-state index is 13.4. The third-order valence-electron chi connectivity index (χ3n) is 5.62. The van der Waals surface area contributed by atoms with E-state index in [1.54, 1.807) is 11.3 Å². The van der Waals surface area contributed by atoms with E-state index in [0.717, 1.165) is 29.6 Å². The van der Waals surface area contributed by atoms with Gasteiger partial charge in [-0.2, -0.15) is 0 Å². The third kappa shape index (κ3) is 4.18. The molecule has 0 spiro atoms. The second kappa shape index (κ2) is 7.76. The zero-order valence-corrected chi connectivity index (χ0v) is 16.8. The Kier molecular flexibility index (Phi) is 4.99. The fraction of sp³-hybridized carbons (Fsp3) is 0.500. The Hall–Kier alpha value is -2.05. The van der Waals surface area contributed by atoms with Crippen molar-refractivity contribution < 1.29 is 14.3 Å². The first kappa shape index (κ1) is 18.0. The van der Waals surface area contributed by atoms with Crippen molar-refractivity contribution in [1.82, 2.24) is 4.90 Å². The van der Waals surface area contributed by atoms with E-state index in [1.807, 2.05) is 29.2 Å². The van der Waals surface area contributed by atoms with Gasteiger partial charge in [-0.1, -0.05) is 6.07 Å². The van der Waals surface area contributed by atoms with Crippen LogP contribution < -0.4 is 14.4 Å². The fourth-order valence-corrected chi connectivity index (χ4v) is 4.45. The Labute approximate surface area is 169 Å². The van der Waals surface area contributed by atoms with Crippen molar-refractivity contribution in [2.45, 2.75) is 38.3 Å². The van der Waals surface area contributed by atoms with Gasteiger partial charge in [-0.25, -0.2) is 0 Å². The van der Waals surface area contributed by atoms with Crippen LogP contribution in [0.25, 0.3) is 0 Å². The number of carbonyl (C=O) groups excluding carboxylic acids is 1. The molecule has 3 aliphatic rings. The average molecular weight is 399 g/mol. The summed E-state index contributed by atoms with van der Waals surface area (Å²) in [6, 6.07) is 10.6. The molecule has 0 atom stereocenters. The Morgan fingerprint density at radius 3 is 2.61 bits per heavy atom. The van der Waals surface area contributed by atoms with Crippen LogP contribution in [0.3, 0.4) is 0 Å². The van der Waals surface area contributed by atoms with Gasteiger partial charge in [0, 0.05) is 29.2 Å². The van der Waals surface area contributed by atoms with Crippen LogP contribution in [0.2, 0.25) is 0 Å². The first-order chi connectivity index (χ1) is 13.8. The van der Waals surface area contributed by atoms with Gasteiger partial charge in [0.2, 0.25) is 5.91 Å². The Morgan fingerprint density at radius 1 is 1.07 bits per heavy atom. The standard InChI is InChI=1S/C22H26N2O3S/c25-22(15-23(17-5-6-17)13-16-3-4-16)24(14-19-2-1-11-28-19)18-7-8-20-21(12-18)27-10-9-26-20/h1-2,7-8,11-12,16-17H,3-6,9-10,13-15H2. The number of benzene rings is 1. The van der Waals surface area contributed by atoms with Gasteiger partial charge in [-0.3, -0.25) is 9.69 Å². The monoisotopic (exact) mass is 398 g/mol. The fourth-order valence-electron chi connectivity index (χ4n) is 3.76. The molecule has 1 aromatic heterocycles. The Balaban J connectivity index is 1.38. The quantitative estimate of drug-likeness (QED) is 0.676. The second-order valence-electron chi connectivity index (χ2n) is 7.99. The number of carbonyl (C=O) groups is 1. The van der Waals surface area contributed by atoms with Crippen molar-refractivity contribution in [2.75, 3.05) is 31.2 Å². The summed E-state index contributed by atoms with van der Waals surface area (Å²) in [6.07, 6.45) is 5.10. The van der Waals surface area contributed by atoms with Crippen molar-refractivity contribution in [3.8, 4) is 11.5 Å². The highest BCUT2D eigenvalue weighted by atomic mass is 32.1. The number of thiophene rings is 1. The molecule has 148 valence electrons. The largest absolute Gasteiger partial charge is 0.486 e. The molecular weight excluding hydrogens is 372 g/mol. The predicted octanol–water partition coefficient (Wildman–Crippen LogP) is 3.93. The maximum Gasteiger partial charge on any atom is 0.241 e. The highest BCUT2D eigenvalue weighted by molar-refractivity contribution is 7.09. The first-order valence-electron chi connectivity index (χ1n) is 10.2. The summed E-state index contributed by atoms with van der Waals surface area (Å²) in [5.74, 6) is 2.45. The molecule has 0 unspecified atom stereocenters. The number of amides is 1. The van der Waals surface area contributed by atoms with Crippen LogP contribution in [0.15, 0.2) is 35.7 Å². The SMILES string of the molecule is O=C(CN(CC1CC1)C1CC1)N(Cc1cccs1)c1ccc2c(c1)OCCO2. The molecule has 2 aliphatic carbocycles.